The Hall–Kier alpha value is -2.50. The van der Waals surface area contributed by atoms with Crippen molar-refractivity contribution in [3.63, 3.8) is 0 Å². The molecule has 2 heterocycles. The lowest BCUT2D eigenvalue weighted by Crippen LogP contribution is -2.44. The monoisotopic (exact) mass is 409 g/mol. The number of hydrogen-bond acceptors (Lipinski definition) is 5. The lowest BCUT2D eigenvalue weighted by molar-refractivity contribution is -0.117. The van der Waals surface area contributed by atoms with E-state index in [4.69, 9.17) is 5.10 Å². The van der Waals surface area contributed by atoms with Gasteiger partial charge in [-0.05, 0) is 68.1 Å². The number of nitrogens with zero attached hydrogens (tertiary/aromatic N) is 4. The fourth-order valence-corrected chi connectivity index (χ4v) is 3.96. The summed E-state index contributed by atoms with van der Waals surface area (Å²) >= 11 is 0. The molecule has 1 aliphatic carbocycles. The van der Waals surface area contributed by atoms with E-state index in [9.17, 15) is 4.79 Å². The second kappa shape index (κ2) is 9.54. The van der Waals surface area contributed by atoms with E-state index in [2.05, 4.69) is 62.9 Å². The molecule has 162 valence electrons. The van der Waals surface area contributed by atoms with E-state index in [1.807, 2.05) is 5.01 Å². The molecule has 1 aliphatic heterocycles. The Morgan fingerprint density at radius 1 is 1.27 bits per heavy atom. The van der Waals surface area contributed by atoms with Crippen molar-refractivity contribution in [3.8, 4) is 0 Å². The summed E-state index contributed by atoms with van der Waals surface area (Å²) in [5.74, 6) is 1.58. The van der Waals surface area contributed by atoms with E-state index in [0.29, 0.717) is 17.8 Å². The van der Waals surface area contributed by atoms with E-state index >= 15 is 0 Å². The molecule has 1 amide bonds. The third-order valence-electron chi connectivity index (χ3n) is 6.20. The van der Waals surface area contributed by atoms with Gasteiger partial charge in [0, 0.05) is 12.4 Å². The van der Waals surface area contributed by atoms with Crippen molar-refractivity contribution in [2.45, 2.75) is 66.8 Å². The summed E-state index contributed by atoms with van der Waals surface area (Å²) in [7, 11) is 0. The zero-order valence-corrected chi connectivity index (χ0v) is 19.1. The average Bonchev–Trinajstić information content (AvgIpc) is 3.54. The van der Waals surface area contributed by atoms with Crippen LogP contribution in [0, 0.1) is 17.8 Å². The Bertz CT molecular complexity index is 852. The van der Waals surface area contributed by atoms with Crippen molar-refractivity contribution in [3.05, 3.63) is 41.3 Å². The summed E-state index contributed by atoms with van der Waals surface area (Å²) in [5.41, 5.74) is 5.06. The minimum atomic E-state index is -0.138. The zero-order chi connectivity index (χ0) is 21.8. The normalized spacial score (nSPS) is 21.0. The zero-order valence-electron chi connectivity index (χ0n) is 19.1. The van der Waals surface area contributed by atoms with Crippen LogP contribution in [0.4, 0.5) is 5.95 Å². The summed E-state index contributed by atoms with van der Waals surface area (Å²) in [6, 6.07) is 1.90. The highest BCUT2D eigenvalue weighted by atomic mass is 16.2. The Kier molecular flexibility index (Phi) is 7.06. The molecule has 6 nitrogen and oxygen atoms in total. The van der Waals surface area contributed by atoms with Gasteiger partial charge in [-0.2, -0.15) is 5.10 Å². The summed E-state index contributed by atoms with van der Waals surface area (Å²) in [6.45, 7) is 13.5. The first-order chi connectivity index (χ1) is 14.3. The quantitative estimate of drug-likeness (QED) is 0.667. The SMILES string of the molecule is CCC(C)/C(C)=C\C1=C(C)C(C2CC2)N(CC(=O)Nc2ncccn2)N=C1C(C)C. The van der Waals surface area contributed by atoms with Crippen molar-refractivity contribution in [2.75, 3.05) is 11.9 Å². The third-order valence-corrected chi connectivity index (χ3v) is 6.20. The second-order valence-electron chi connectivity index (χ2n) is 8.93. The van der Waals surface area contributed by atoms with Crippen LogP contribution in [-0.2, 0) is 4.79 Å². The molecule has 30 heavy (non-hydrogen) atoms. The van der Waals surface area contributed by atoms with Crippen LogP contribution in [0.3, 0.4) is 0 Å². The number of anilines is 1. The van der Waals surface area contributed by atoms with Crippen LogP contribution in [0.5, 0.6) is 0 Å². The molecular weight excluding hydrogens is 374 g/mol. The lowest BCUT2D eigenvalue weighted by Gasteiger charge is -2.37. The number of aromatic nitrogens is 2. The largest absolute Gasteiger partial charge is 0.293 e. The molecule has 1 saturated carbocycles. The topological polar surface area (TPSA) is 70.5 Å². The fraction of sp³-hybridized carbons (Fsp3) is 0.583. The predicted octanol–water partition coefficient (Wildman–Crippen LogP) is 4.83. The van der Waals surface area contributed by atoms with Crippen LogP contribution in [0.15, 0.2) is 46.4 Å². The molecule has 0 aromatic carbocycles. The number of hydrogen-bond donors (Lipinski definition) is 1. The van der Waals surface area contributed by atoms with Gasteiger partial charge in [-0.1, -0.05) is 39.3 Å². The molecule has 2 atom stereocenters. The molecule has 0 radical (unpaired) electrons. The van der Waals surface area contributed by atoms with Crippen LogP contribution in [0.1, 0.15) is 60.8 Å². The van der Waals surface area contributed by atoms with Gasteiger partial charge in [0.15, 0.2) is 0 Å². The predicted molar refractivity (Wildman–Crippen MR) is 122 cm³/mol. The maximum Gasteiger partial charge on any atom is 0.248 e. The first kappa shape index (κ1) is 22.2. The Labute approximate surface area is 180 Å². The minimum absolute atomic E-state index is 0.138. The van der Waals surface area contributed by atoms with Gasteiger partial charge in [-0.15, -0.1) is 0 Å². The molecule has 6 heteroatoms. The van der Waals surface area contributed by atoms with Gasteiger partial charge in [-0.3, -0.25) is 15.1 Å². The number of carbonyl (C=O) groups is 1. The molecule has 1 N–H and O–H groups in total. The van der Waals surface area contributed by atoms with Crippen LogP contribution in [-0.4, -0.2) is 39.2 Å². The van der Waals surface area contributed by atoms with E-state index in [-0.39, 0.29) is 24.4 Å². The standard InChI is InChI=1S/C24H35N5O/c1-7-16(4)17(5)13-20-18(6)23(19-9-10-19)29(28-22(20)15(2)3)14-21(30)27-24-25-11-8-12-26-24/h8,11-13,15-16,19,23H,7,9-10,14H2,1-6H3,(H,25,26,27,30)/b17-13-. The molecule has 0 saturated heterocycles. The summed E-state index contributed by atoms with van der Waals surface area (Å²) < 4.78 is 0. The van der Waals surface area contributed by atoms with Gasteiger partial charge in [-0.25, -0.2) is 9.97 Å². The number of amides is 1. The highest BCUT2D eigenvalue weighted by molar-refractivity contribution is 6.05. The molecule has 2 aliphatic rings. The molecule has 1 aromatic heterocycles. The van der Waals surface area contributed by atoms with Gasteiger partial charge in [0.25, 0.3) is 0 Å². The summed E-state index contributed by atoms with van der Waals surface area (Å²) in [4.78, 5) is 20.9. The van der Waals surface area contributed by atoms with Gasteiger partial charge in [0.1, 0.15) is 6.54 Å². The first-order valence-corrected chi connectivity index (χ1v) is 11.1. The highest BCUT2D eigenvalue weighted by Gasteiger charge is 2.40. The Morgan fingerprint density at radius 2 is 1.93 bits per heavy atom. The summed E-state index contributed by atoms with van der Waals surface area (Å²) in [5, 5.41) is 9.81. The van der Waals surface area contributed by atoms with Crippen molar-refractivity contribution in [1.82, 2.24) is 15.0 Å². The van der Waals surface area contributed by atoms with Gasteiger partial charge in [0.05, 0.1) is 11.8 Å². The van der Waals surface area contributed by atoms with Crippen LogP contribution < -0.4 is 5.32 Å². The van der Waals surface area contributed by atoms with Gasteiger partial charge in [0.2, 0.25) is 11.9 Å². The fourth-order valence-electron chi connectivity index (χ4n) is 3.96. The molecule has 1 aromatic rings. The third kappa shape index (κ3) is 5.15. The maximum atomic E-state index is 12.7. The molecule has 1 fully saturated rings. The first-order valence-electron chi connectivity index (χ1n) is 11.1. The van der Waals surface area contributed by atoms with Crippen molar-refractivity contribution in [2.24, 2.45) is 22.9 Å². The number of rotatable bonds is 8. The molecule has 3 rings (SSSR count). The highest BCUT2D eigenvalue weighted by Crippen LogP contribution is 2.42. The van der Waals surface area contributed by atoms with Gasteiger partial charge < -0.3 is 0 Å². The van der Waals surface area contributed by atoms with Crippen LogP contribution in [0.2, 0.25) is 0 Å². The summed E-state index contributed by atoms with van der Waals surface area (Å²) in [6.07, 6.45) is 9.09. The smallest absolute Gasteiger partial charge is 0.248 e. The molecule has 0 spiro atoms. The van der Waals surface area contributed by atoms with Crippen molar-refractivity contribution < 1.29 is 4.79 Å². The molecule has 0 bridgehead atoms. The van der Waals surface area contributed by atoms with Crippen LogP contribution >= 0.6 is 0 Å². The Balaban J connectivity index is 1.89. The Morgan fingerprint density at radius 3 is 2.50 bits per heavy atom. The van der Waals surface area contributed by atoms with Crippen molar-refractivity contribution in [1.29, 1.82) is 0 Å². The number of hydrazone groups is 1. The van der Waals surface area contributed by atoms with E-state index in [0.717, 1.165) is 12.1 Å². The van der Waals surface area contributed by atoms with Crippen molar-refractivity contribution >= 4 is 17.6 Å². The van der Waals surface area contributed by atoms with E-state index in [1.165, 1.54) is 29.6 Å². The number of nitrogens with one attached hydrogen (secondary N) is 1. The number of carbonyl (C=O) groups excluding carboxylic acids is 1. The van der Waals surface area contributed by atoms with E-state index < -0.39 is 0 Å². The minimum Gasteiger partial charge on any atom is -0.293 e. The molecular formula is C24H35N5O. The van der Waals surface area contributed by atoms with Crippen LogP contribution in [0.25, 0.3) is 0 Å². The second-order valence-corrected chi connectivity index (χ2v) is 8.93. The maximum absolute atomic E-state index is 12.7. The average molecular weight is 410 g/mol. The molecule has 2 unspecified atom stereocenters. The van der Waals surface area contributed by atoms with Gasteiger partial charge >= 0.3 is 0 Å². The number of allylic oxidation sites excluding steroid dienone is 3. The lowest BCUT2D eigenvalue weighted by atomic mass is 9.86. The van der Waals surface area contributed by atoms with E-state index in [1.54, 1.807) is 18.5 Å².